The lowest BCUT2D eigenvalue weighted by Gasteiger charge is -2.14. The maximum Gasteiger partial charge on any atom is 0.352 e. The number of halogens is 3. The number of hydrogen-bond acceptors (Lipinski definition) is 18. The van der Waals surface area contributed by atoms with E-state index in [1.54, 1.807) is 79.7 Å². The zero-order valence-electron chi connectivity index (χ0n) is 82.5. The Kier molecular flexibility index (Phi) is 29.2. The lowest BCUT2D eigenvalue weighted by molar-refractivity contribution is 0.0674. The number of aromatic carboxylic acids is 3. The number of nitrogens with zero attached hydrogens (tertiary/aromatic N) is 15. The Balaban J connectivity index is 0.000000132. The molecule has 742 valence electrons. The molecule has 33 heteroatoms. The first kappa shape index (κ1) is 99.7. The molecule has 0 unspecified atom stereocenters. The van der Waals surface area contributed by atoms with Gasteiger partial charge in [-0.25, -0.2) is 14.4 Å². The normalized spacial score (nSPS) is 14.8. The Bertz CT molecular complexity index is 8110. The Hall–Kier alpha value is -11.6. The molecule has 24 nitrogen and oxygen atoms in total. The van der Waals surface area contributed by atoms with Crippen LogP contribution in [0, 0.1) is 20.8 Å². The summed E-state index contributed by atoms with van der Waals surface area (Å²) in [5.74, 6) is 6.22. The van der Waals surface area contributed by atoms with Gasteiger partial charge in [-0.2, -0.15) is 30.6 Å². The van der Waals surface area contributed by atoms with E-state index in [1.807, 2.05) is 133 Å². The molecule has 4 aliphatic rings. The monoisotopic (exact) mass is 2100 g/mol. The number of thioether (sulfide) groups is 6. The van der Waals surface area contributed by atoms with Gasteiger partial charge in [0.15, 0.2) is 0 Å². The Morgan fingerprint density at radius 3 is 1.10 bits per heavy atom. The molecular weight excluding hydrogens is 1990 g/mol. The van der Waals surface area contributed by atoms with Crippen molar-refractivity contribution >= 4 is 188 Å². The molecule has 3 aliphatic heterocycles. The minimum atomic E-state index is -0.962. The van der Waals surface area contributed by atoms with E-state index >= 15 is 0 Å². The van der Waals surface area contributed by atoms with Crippen molar-refractivity contribution in [3.63, 3.8) is 0 Å². The number of ether oxygens (including phenoxy) is 3. The summed E-state index contributed by atoms with van der Waals surface area (Å²) in [4.78, 5) is 42.0. The predicted octanol–water partition coefficient (Wildman–Crippen LogP) is 27.4. The van der Waals surface area contributed by atoms with Gasteiger partial charge >= 0.3 is 17.9 Å². The summed E-state index contributed by atoms with van der Waals surface area (Å²) in [6.45, 7) is 16.1. The number of benzene rings is 9. The van der Waals surface area contributed by atoms with Crippen LogP contribution in [0.2, 0.25) is 15.1 Å². The van der Waals surface area contributed by atoms with E-state index in [-0.39, 0.29) is 29.5 Å². The van der Waals surface area contributed by atoms with Gasteiger partial charge in [-0.15, -0.1) is 70.6 Å². The highest BCUT2D eigenvalue weighted by Gasteiger charge is 2.38. The van der Waals surface area contributed by atoms with Gasteiger partial charge in [0.1, 0.15) is 34.3 Å². The van der Waals surface area contributed by atoms with Crippen molar-refractivity contribution in [1.82, 2.24) is 72.4 Å². The molecular formula is C111H112Cl3N15O9S6. The highest BCUT2D eigenvalue weighted by atomic mass is 35.5. The predicted molar refractivity (Wildman–Crippen MR) is 588 cm³/mol. The van der Waals surface area contributed by atoms with Crippen LogP contribution < -0.4 is 14.2 Å². The van der Waals surface area contributed by atoms with Crippen LogP contribution in [-0.4, -0.2) is 125 Å². The van der Waals surface area contributed by atoms with Gasteiger partial charge in [-0.05, 0) is 205 Å². The summed E-state index contributed by atoms with van der Waals surface area (Å²) < 4.78 is 37.0. The van der Waals surface area contributed by atoms with E-state index < -0.39 is 17.9 Å². The van der Waals surface area contributed by atoms with Crippen LogP contribution in [-0.2, 0) is 113 Å². The second-order valence-electron chi connectivity index (χ2n) is 37.9. The highest BCUT2D eigenvalue weighted by Crippen LogP contribution is 2.52. The average Bonchev–Trinajstić information content (AvgIpc) is 1.55. The van der Waals surface area contributed by atoms with Gasteiger partial charge in [-0.1, -0.05) is 126 Å². The van der Waals surface area contributed by atoms with E-state index in [1.165, 1.54) is 5.69 Å². The standard InChI is InChI=1S/C37H36ClN5O3S2.2C37H38ClN5O3S2/c1-21-33-31(40-41(21)2)20-47-18-23-16-25(42(3)39-23)19-48-26-15-22-7-4-5-8-27(22)32(17-26)46-14-6-9-28-29-12-13-30(38)34(33)35(29)43(24-10-11-24)36(28)37(44)45;1-21(2)43-22(3)33-31(40-43)20-47-18-24-16-25(42(5)39-24)19-48-26-15-23-9-6-7-10-27(23)32(17-26)46-14-8-11-28-29-12-13-30(38)34(33)35(29)41(4)36(28)37(44)45;1-21(2)43-25-16-24(39-43)18-47-20-31-33(22(3)42(5)40-31)34-30(38)13-12-29-28(36(37(44)45)41(4)35(29)34)11-8-14-46-32-17-26(48-19-25)15-23-9-6-7-10-27(23)32/h4-5,7-8,12-13,15-17,24H,6,9-11,14,18-20H2,1-3H3,(H,44,45);2*6-7,9-10,12-13,15-17,21H,8,11,14,18-20H2,1-5H3,(H,44,45). The maximum atomic E-state index is 13.1. The van der Waals surface area contributed by atoms with Gasteiger partial charge in [0, 0.05) is 227 Å². The van der Waals surface area contributed by atoms with Crippen molar-refractivity contribution in [3.8, 4) is 50.6 Å². The number of rotatable bonds is 6. The minimum absolute atomic E-state index is 0.131. The van der Waals surface area contributed by atoms with Crippen molar-refractivity contribution in [1.29, 1.82) is 0 Å². The number of carbonyl (C=O) groups is 3. The fraction of sp³-hybridized carbons (Fsp3) is 0.324. The number of fused-ring (bicyclic) bond motifs is 24. The van der Waals surface area contributed by atoms with E-state index in [9.17, 15) is 29.7 Å². The maximum absolute atomic E-state index is 13.1. The van der Waals surface area contributed by atoms with Crippen LogP contribution in [0.4, 0.5) is 0 Å². The first-order valence-electron chi connectivity index (χ1n) is 48.5. The lowest BCUT2D eigenvalue weighted by atomic mass is 9.98. The molecule has 24 bridgehead atoms. The van der Waals surface area contributed by atoms with Crippen LogP contribution >= 0.6 is 105 Å². The lowest BCUT2D eigenvalue weighted by Crippen LogP contribution is -2.10. The summed E-state index contributed by atoms with van der Waals surface area (Å²) in [6.07, 6.45) is 5.51. The second-order valence-corrected chi connectivity index (χ2v) is 45.2. The Morgan fingerprint density at radius 2 is 0.708 bits per heavy atom. The molecule has 0 saturated heterocycles. The first-order valence-corrected chi connectivity index (χ1v) is 56.1. The molecule has 0 radical (unpaired) electrons. The Labute approximate surface area is 875 Å². The molecule has 12 heterocycles. The van der Waals surface area contributed by atoms with Crippen molar-refractivity contribution in [2.45, 2.75) is 184 Å². The zero-order chi connectivity index (χ0) is 100. The molecule has 9 aromatic carbocycles. The zero-order valence-corrected chi connectivity index (χ0v) is 89.7. The molecule has 144 heavy (non-hydrogen) atoms. The first-order chi connectivity index (χ1) is 69.5. The number of hydrogen-bond donors (Lipinski definition) is 3. The van der Waals surface area contributed by atoms with E-state index in [4.69, 9.17) is 79.6 Å². The van der Waals surface area contributed by atoms with Crippen molar-refractivity contribution in [2.24, 2.45) is 42.3 Å². The highest BCUT2D eigenvalue weighted by molar-refractivity contribution is 7.99. The fourth-order valence-electron chi connectivity index (χ4n) is 20.9. The fourth-order valence-corrected chi connectivity index (χ4v) is 27.0. The number of aryl methyl sites for hydroxylation is 9. The van der Waals surface area contributed by atoms with Gasteiger partial charge in [0.25, 0.3) is 0 Å². The molecule has 18 aromatic rings. The summed E-state index contributed by atoms with van der Waals surface area (Å²) in [5.41, 5.74) is 23.6. The molecule has 1 saturated carbocycles. The van der Waals surface area contributed by atoms with Crippen LogP contribution in [0.15, 0.2) is 178 Å². The summed E-state index contributed by atoms with van der Waals surface area (Å²) >= 11 is 31.8. The molecule has 3 N–H and O–H groups in total. The third-order valence-corrected chi connectivity index (χ3v) is 34.6. The molecule has 22 rings (SSSR count). The third kappa shape index (κ3) is 19.7. The largest absolute Gasteiger partial charge is 0.493 e. The van der Waals surface area contributed by atoms with E-state index in [2.05, 4.69) is 154 Å². The van der Waals surface area contributed by atoms with Gasteiger partial charge in [0.2, 0.25) is 0 Å². The van der Waals surface area contributed by atoms with Gasteiger partial charge in [-0.3, -0.25) is 28.1 Å². The third-order valence-electron chi connectivity index (χ3n) is 27.7. The molecule has 0 amide bonds. The molecule has 1 aliphatic carbocycles. The topological polar surface area (TPSA) is 261 Å². The molecule has 0 atom stereocenters. The van der Waals surface area contributed by atoms with Gasteiger partial charge in [0.05, 0.1) is 85.6 Å². The van der Waals surface area contributed by atoms with Crippen LogP contribution in [0.3, 0.4) is 0 Å². The van der Waals surface area contributed by atoms with Crippen LogP contribution in [0.5, 0.6) is 17.2 Å². The summed E-state index contributed by atoms with van der Waals surface area (Å²) in [7, 11) is 11.6. The SMILES string of the molecule is Cc1c2c(nn1C(C)C)CSCc1cc(n(C)n1)CSc1cc(c3ccccc3c1)OCCCc1c(C(=O)O)n(C)c3c-2c(Cl)ccc13.Cc1c2c(nn1C)CSCc1cc(n(C(C)C)n1)CSc1cc(c3ccccc3c1)OCCCc1c(C(=O)O)n(C)c3c-2c(Cl)ccc13.Cc1c2c(nn1C)CSCc1cc(n(C)n1)CSc1cc(c3ccccc3c1)OCCCc1c(C(=O)O)n(C3CC3)c3c-2c(Cl)ccc13. The Morgan fingerprint density at radius 1 is 0.361 bits per heavy atom. The quantitative estimate of drug-likeness (QED) is 0.140. The number of carboxylic acids is 3. The number of aromatic nitrogens is 15. The van der Waals surface area contributed by atoms with Gasteiger partial charge < -0.3 is 43.2 Å². The van der Waals surface area contributed by atoms with Crippen molar-refractivity contribution in [3.05, 3.63) is 281 Å². The summed E-state index contributed by atoms with van der Waals surface area (Å²) in [6, 6.07) is 56.6. The minimum Gasteiger partial charge on any atom is -0.493 e. The molecule has 0 spiro atoms. The smallest absolute Gasteiger partial charge is 0.352 e. The van der Waals surface area contributed by atoms with E-state index in [0.29, 0.717) is 96.4 Å². The van der Waals surface area contributed by atoms with Crippen molar-refractivity contribution in [2.75, 3.05) is 19.8 Å². The van der Waals surface area contributed by atoms with Crippen LogP contribution in [0.1, 0.15) is 194 Å². The second kappa shape index (κ2) is 42.1. The molecule has 9 aromatic heterocycles. The summed E-state index contributed by atoms with van der Waals surface area (Å²) in [5, 5.41) is 72.3. The molecule has 1 fully saturated rings. The van der Waals surface area contributed by atoms with E-state index in [0.717, 1.165) is 257 Å². The average molecular weight is 2100 g/mol. The number of carboxylic acid groups (broad SMARTS) is 3. The van der Waals surface area contributed by atoms with Crippen LogP contribution in [0.25, 0.3) is 98.4 Å². The van der Waals surface area contributed by atoms with Crippen molar-refractivity contribution < 1.29 is 43.9 Å².